The Hall–Kier alpha value is -7.61. The van der Waals surface area contributed by atoms with Gasteiger partial charge >= 0.3 is 0 Å². The molecule has 0 spiro atoms. The van der Waals surface area contributed by atoms with Crippen molar-refractivity contribution in [3.63, 3.8) is 0 Å². The van der Waals surface area contributed by atoms with Crippen LogP contribution in [0.2, 0.25) is 0 Å². The summed E-state index contributed by atoms with van der Waals surface area (Å²) in [6.45, 7) is 9.45. The normalized spacial score (nSPS) is 14.2. The van der Waals surface area contributed by atoms with Crippen molar-refractivity contribution < 1.29 is 0 Å². The van der Waals surface area contributed by atoms with E-state index in [9.17, 15) is 0 Å². The topological polar surface area (TPSA) is 12.9 Å². The number of aromatic nitrogens is 1. The number of benzene rings is 10. The summed E-state index contributed by atoms with van der Waals surface area (Å²) in [4.78, 5) is 5.27. The maximum Gasteiger partial charge on any atom is 0.0793 e. The minimum absolute atomic E-state index is 0.0676. The van der Waals surface area contributed by atoms with E-state index in [-0.39, 0.29) is 10.8 Å². The number of hydrogen-bond donors (Lipinski definition) is 0. The smallest absolute Gasteiger partial charge is 0.0793 e. The fourth-order valence-corrected chi connectivity index (χ4v) is 11.8. The lowest BCUT2D eigenvalue weighted by Gasteiger charge is -2.23. The minimum Gasteiger partial charge on any atom is -0.256 e. The molecule has 64 heavy (non-hydrogen) atoms. The lowest BCUT2D eigenvalue weighted by molar-refractivity contribution is 0.660. The van der Waals surface area contributed by atoms with Crippen molar-refractivity contribution in [2.45, 2.75) is 38.5 Å². The zero-order valence-corrected chi connectivity index (χ0v) is 36.5. The molecule has 1 heterocycles. The Bertz CT molecular complexity index is 3480. The lowest BCUT2D eigenvalue weighted by Crippen LogP contribution is -2.14. The first-order valence-electron chi connectivity index (χ1n) is 22.6. The minimum atomic E-state index is -0.0689. The van der Waals surface area contributed by atoms with Gasteiger partial charge in [0, 0.05) is 28.0 Å². The molecular formula is C63H45N. The molecule has 0 aliphatic heterocycles. The second-order valence-electron chi connectivity index (χ2n) is 19.0. The Balaban J connectivity index is 0.993. The van der Waals surface area contributed by atoms with E-state index in [1.54, 1.807) is 0 Å². The predicted molar refractivity (Wildman–Crippen MR) is 271 cm³/mol. The highest BCUT2D eigenvalue weighted by atomic mass is 14.7. The SMILES string of the molecule is CC1(C)c2ccccc2-c2ccc(-c3ccc(-c4c5ccccc5c(-c5ccc(-c6ccc7c(c6)C(C)(C)c6ccccc6-7)c6ccccc56)c5ncccc45)c4ccccc34)cc21. The molecule has 2 aliphatic rings. The van der Waals surface area contributed by atoms with Gasteiger partial charge in [0.2, 0.25) is 0 Å². The maximum absolute atomic E-state index is 5.27. The van der Waals surface area contributed by atoms with Crippen LogP contribution in [-0.4, -0.2) is 4.98 Å². The van der Waals surface area contributed by atoms with Crippen molar-refractivity contribution in [3.05, 3.63) is 223 Å². The van der Waals surface area contributed by atoms with E-state index < -0.39 is 0 Å². The van der Waals surface area contributed by atoms with E-state index in [0.29, 0.717) is 0 Å². The Morgan fingerprint density at radius 3 is 1.16 bits per heavy atom. The van der Waals surface area contributed by atoms with Crippen LogP contribution in [0.1, 0.15) is 49.9 Å². The average Bonchev–Trinajstić information content (AvgIpc) is 3.71. The molecule has 1 nitrogen and oxygen atoms in total. The second-order valence-corrected chi connectivity index (χ2v) is 19.0. The van der Waals surface area contributed by atoms with Crippen molar-refractivity contribution in [2.75, 3.05) is 0 Å². The van der Waals surface area contributed by atoms with Crippen molar-refractivity contribution in [2.24, 2.45) is 0 Å². The highest BCUT2D eigenvalue weighted by Gasteiger charge is 2.37. The van der Waals surface area contributed by atoms with Crippen LogP contribution in [0, 0.1) is 0 Å². The average molecular weight is 816 g/mol. The van der Waals surface area contributed by atoms with Gasteiger partial charge in [0.05, 0.1) is 5.52 Å². The first-order chi connectivity index (χ1) is 31.3. The third kappa shape index (κ3) is 5.10. The molecule has 0 fully saturated rings. The highest BCUT2D eigenvalue weighted by Crippen LogP contribution is 2.53. The van der Waals surface area contributed by atoms with Crippen LogP contribution in [0.3, 0.4) is 0 Å². The molecule has 11 aromatic rings. The van der Waals surface area contributed by atoms with Crippen molar-refractivity contribution in [1.29, 1.82) is 0 Å². The molecule has 2 aliphatic carbocycles. The number of pyridine rings is 1. The summed E-state index contributed by atoms with van der Waals surface area (Å²) in [6.07, 6.45) is 1.96. The van der Waals surface area contributed by atoms with Crippen molar-refractivity contribution in [1.82, 2.24) is 4.98 Å². The largest absolute Gasteiger partial charge is 0.256 e. The van der Waals surface area contributed by atoms with Crippen LogP contribution in [-0.2, 0) is 10.8 Å². The summed E-state index contributed by atoms with van der Waals surface area (Å²) >= 11 is 0. The zero-order chi connectivity index (χ0) is 42.9. The van der Waals surface area contributed by atoms with E-state index in [2.05, 4.69) is 222 Å². The summed E-state index contributed by atoms with van der Waals surface area (Å²) in [5.41, 5.74) is 21.6. The molecule has 0 amide bonds. The van der Waals surface area contributed by atoms with E-state index in [1.807, 2.05) is 6.20 Å². The first-order valence-corrected chi connectivity index (χ1v) is 22.6. The Labute approximate surface area is 374 Å². The molecule has 13 rings (SSSR count). The molecule has 0 saturated heterocycles. The zero-order valence-electron chi connectivity index (χ0n) is 36.5. The van der Waals surface area contributed by atoms with Gasteiger partial charge in [0.25, 0.3) is 0 Å². The number of hydrogen-bond acceptors (Lipinski definition) is 1. The molecule has 0 saturated carbocycles. The molecule has 0 unspecified atom stereocenters. The third-order valence-corrected chi connectivity index (χ3v) is 15.0. The van der Waals surface area contributed by atoms with E-state index in [1.165, 1.54) is 121 Å². The van der Waals surface area contributed by atoms with E-state index in [4.69, 9.17) is 4.98 Å². The summed E-state index contributed by atoms with van der Waals surface area (Å²) < 4.78 is 0. The van der Waals surface area contributed by atoms with Crippen LogP contribution in [0.15, 0.2) is 200 Å². The molecule has 302 valence electrons. The van der Waals surface area contributed by atoms with E-state index >= 15 is 0 Å². The van der Waals surface area contributed by atoms with Crippen molar-refractivity contribution in [3.8, 4) is 66.8 Å². The van der Waals surface area contributed by atoms with E-state index in [0.717, 1.165) is 10.9 Å². The molecular weight excluding hydrogens is 771 g/mol. The second kappa shape index (κ2) is 13.4. The standard InChI is InChI=1S/C63H45N/c1-62(2)55-25-13-11-20-46(55)48-29-27-38(36-57(48)62)40-31-33-52(44-18-7-5-16-42(40)44)59-50-22-9-10-23-51(50)60(61-54(59)24-15-35-64-61)53-34-32-41(43-17-6-8-19-45(43)53)39-28-30-49-47-21-12-14-26-56(47)63(3,4)58(49)37-39/h5-37H,1-4H3. The third-order valence-electron chi connectivity index (χ3n) is 15.0. The number of fused-ring (bicyclic) bond motifs is 10. The monoisotopic (exact) mass is 815 g/mol. The van der Waals surface area contributed by atoms with Crippen LogP contribution < -0.4 is 0 Å². The lowest BCUT2D eigenvalue weighted by atomic mass is 9.80. The molecule has 10 aromatic carbocycles. The van der Waals surface area contributed by atoms with Gasteiger partial charge in [0.15, 0.2) is 0 Å². The van der Waals surface area contributed by atoms with Gasteiger partial charge in [-0.3, -0.25) is 4.98 Å². The highest BCUT2D eigenvalue weighted by molar-refractivity contribution is 6.25. The summed E-state index contributed by atoms with van der Waals surface area (Å²) in [7, 11) is 0. The molecule has 1 aromatic heterocycles. The van der Waals surface area contributed by atoms with Crippen molar-refractivity contribution >= 4 is 43.2 Å². The maximum atomic E-state index is 5.27. The van der Waals surface area contributed by atoms with Crippen LogP contribution in [0.4, 0.5) is 0 Å². The van der Waals surface area contributed by atoms with Gasteiger partial charge in [-0.1, -0.05) is 204 Å². The Morgan fingerprint density at radius 2 is 0.641 bits per heavy atom. The quantitative estimate of drug-likeness (QED) is 0.161. The number of nitrogens with zero attached hydrogens (tertiary/aromatic N) is 1. The van der Waals surface area contributed by atoms with Crippen LogP contribution in [0.5, 0.6) is 0 Å². The summed E-state index contributed by atoms with van der Waals surface area (Å²) in [5.74, 6) is 0. The van der Waals surface area contributed by atoms with Gasteiger partial charge in [-0.25, -0.2) is 0 Å². The van der Waals surface area contributed by atoms with Gasteiger partial charge in [-0.05, 0) is 134 Å². The molecule has 0 radical (unpaired) electrons. The fourth-order valence-electron chi connectivity index (χ4n) is 11.8. The number of rotatable bonds is 4. The van der Waals surface area contributed by atoms with Gasteiger partial charge in [-0.2, -0.15) is 0 Å². The molecule has 0 N–H and O–H groups in total. The molecule has 1 heteroatoms. The van der Waals surface area contributed by atoms with Crippen LogP contribution in [0.25, 0.3) is 110 Å². The molecule has 0 bridgehead atoms. The fraction of sp³-hybridized carbons (Fsp3) is 0.0952. The molecule has 0 atom stereocenters. The van der Waals surface area contributed by atoms with Gasteiger partial charge < -0.3 is 0 Å². The Kier molecular flexibility index (Phi) is 7.77. The Morgan fingerprint density at radius 1 is 0.281 bits per heavy atom. The summed E-state index contributed by atoms with van der Waals surface area (Å²) in [5, 5.41) is 8.53. The first kappa shape index (κ1) is 37.0. The summed E-state index contributed by atoms with van der Waals surface area (Å²) in [6, 6.07) is 72.7. The van der Waals surface area contributed by atoms with Gasteiger partial charge in [0.1, 0.15) is 0 Å². The van der Waals surface area contributed by atoms with Crippen LogP contribution >= 0.6 is 0 Å². The van der Waals surface area contributed by atoms with Gasteiger partial charge in [-0.15, -0.1) is 0 Å². The predicted octanol–water partition coefficient (Wildman–Crippen LogP) is 17.0.